The number of nitrogens with zero attached hydrogens (tertiary/aromatic N) is 1. The summed E-state index contributed by atoms with van der Waals surface area (Å²) < 4.78 is 18.2. The molecule has 1 N–H and O–H groups in total. The highest BCUT2D eigenvalue weighted by Gasteiger charge is 2.17. The summed E-state index contributed by atoms with van der Waals surface area (Å²) in [6.07, 6.45) is 1.44. The predicted octanol–water partition coefficient (Wildman–Crippen LogP) is 3.05. The van der Waals surface area contributed by atoms with Gasteiger partial charge in [-0.25, -0.2) is 9.18 Å². The Balaban J connectivity index is 2.42. The van der Waals surface area contributed by atoms with Crippen LogP contribution in [0.15, 0.2) is 24.4 Å². The summed E-state index contributed by atoms with van der Waals surface area (Å²) in [5, 5.41) is 6.34. The molecule has 0 amide bonds. The second-order valence-electron chi connectivity index (χ2n) is 3.51. The maximum Gasteiger partial charge on any atom is 0.356 e. The van der Waals surface area contributed by atoms with Crippen LogP contribution in [0.5, 0.6) is 0 Å². The molecule has 94 valence electrons. The third-order valence-electron chi connectivity index (χ3n) is 2.35. The standard InChI is InChI=1S/C12H10ClFN2O2/c1-2-18-12(17)11-8(6-15-16-11)7-3-4-9(13)10(14)5-7/h3-6H,2H2,1H3,(H,15,16). The van der Waals surface area contributed by atoms with Crippen molar-refractivity contribution in [3.8, 4) is 11.1 Å². The van der Waals surface area contributed by atoms with E-state index in [4.69, 9.17) is 16.3 Å². The topological polar surface area (TPSA) is 55.0 Å². The van der Waals surface area contributed by atoms with Crippen LogP contribution in [0, 0.1) is 5.82 Å². The quantitative estimate of drug-likeness (QED) is 0.871. The van der Waals surface area contributed by atoms with Crippen LogP contribution in [0.2, 0.25) is 5.02 Å². The van der Waals surface area contributed by atoms with E-state index in [0.29, 0.717) is 11.1 Å². The third-order valence-corrected chi connectivity index (χ3v) is 2.66. The SMILES string of the molecule is CCOC(=O)c1[nH]ncc1-c1ccc(Cl)c(F)c1. The van der Waals surface area contributed by atoms with E-state index in [-0.39, 0.29) is 17.3 Å². The number of hydrogen-bond acceptors (Lipinski definition) is 3. The van der Waals surface area contributed by atoms with Gasteiger partial charge in [-0.15, -0.1) is 0 Å². The number of esters is 1. The Morgan fingerprint density at radius 3 is 3.00 bits per heavy atom. The monoisotopic (exact) mass is 268 g/mol. The first-order chi connectivity index (χ1) is 8.63. The van der Waals surface area contributed by atoms with Gasteiger partial charge in [0.15, 0.2) is 5.69 Å². The van der Waals surface area contributed by atoms with Gasteiger partial charge in [-0.2, -0.15) is 5.10 Å². The molecule has 0 spiro atoms. The number of H-pyrrole nitrogens is 1. The van der Waals surface area contributed by atoms with Crippen molar-refractivity contribution in [2.45, 2.75) is 6.92 Å². The van der Waals surface area contributed by atoms with Gasteiger partial charge in [0, 0.05) is 5.56 Å². The molecule has 0 bridgehead atoms. The first-order valence-corrected chi connectivity index (χ1v) is 5.67. The second-order valence-corrected chi connectivity index (χ2v) is 3.92. The van der Waals surface area contributed by atoms with E-state index in [0.717, 1.165) is 0 Å². The zero-order valence-corrected chi connectivity index (χ0v) is 10.3. The zero-order valence-electron chi connectivity index (χ0n) is 9.54. The number of benzene rings is 1. The molecule has 0 aliphatic carbocycles. The van der Waals surface area contributed by atoms with Crippen LogP contribution in [0.4, 0.5) is 4.39 Å². The van der Waals surface area contributed by atoms with E-state index in [1.807, 2.05) is 0 Å². The molecule has 1 aromatic heterocycles. The molecule has 2 aromatic rings. The van der Waals surface area contributed by atoms with Crippen LogP contribution < -0.4 is 0 Å². The molecule has 1 aromatic carbocycles. The number of aromatic amines is 1. The van der Waals surface area contributed by atoms with E-state index in [1.165, 1.54) is 18.3 Å². The molecule has 18 heavy (non-hydrogen) atoms. The summed E-state index contributed by atoms with van der Waals surface area (Å²) in [7, 11) is 0. The Morgan fingerprint density at radius 1 is 1.56 bits per heavy atom. The number of hydrogen-bond donors (Lipinski definition) is 1. The Kier molecular flexibility index (Phi) is 3.62. The zero-order chi connectivity index (χ0) is 13.1. The Bertz CT molecular complexity index is 583. The minimum atomic E-state index is -0.551. The van der Waals surface area contributed by atoms with Crippen molar-refractivity contribution >= 4 is 17.6 Å². The predicted molar refractivity (Wildman–Crippen MR) is 64.9 cm³/mol. The minimum absolute atomic E-state index is 0.0277. The lowest BCUT2D eigenvalue weighted by Gasteiger charge is -2.04. The van der Waals surface area contributed by atoms with Gasteiger partial charge in [0.2, 0.25) is 0 Å². The maximum atomic E-state index is 13.4. The normalized spacial score (nSPS) is 10.4. The Labute approximate surface area is 108 Å². The number of aromatic nitrogens is 2. The van der Waals surface area contributed by atoms with Crippen LogP contribution in [-0.4, -0.2) is 22.8 Å². The van der Waals surface area contributed by atoms with Crippen molar-refractivity contribution in [2.75, 3.05) is 6.61 Å². The summed E-state index contributed by atoms with van der Waals surface area (Å²) in [6, 6.07) is 4.28. The molecule has 4 nitrogen and oxygen atoms in total. The summed E-state index contributed by atoms with van der Waals surface area (Å²) >= 11 is 5.60. The summed E-state index contributed by atoms with van der Waals surface area (Å²) in [5.41, 5.74) is 1.18. The third kappa shape index (κ3) is 2.36. The average molecular weight is 269 g/mol. The summed E-state index contributed by atoms with van der Waals surface area (Å²) in [5.74, 6) is -1.08. The van der Waals surface area contributed by atoms with Gasteiger partial charge in [-0.05, 0) is 24.6 Å². The van der Waals surface area contributed by atoms with Crippen molar-refractivity contribution < 1.29 is 13.9 Å². The lowest BCUT2D eigenvalue weighted by molar-refractivity contribution is 0.0520. The molecular formula is C12H10ClFN2O2. The summed E-state index contributed by atoms with van der Waals surface area (Å²) in [6.45, 7) is 1.96. The smallest absolute Gasteiger partial charge is 0.356 e. The molecule has 0 unspecified atom stereocenters. The molecule has 0 atom stereocenters. The molecule has 0 fully saturated rings. The van der Waals surface area contributed by atoms with E-state index < -0.39 is 11.8 Å². The lowest BCUT2D eigenvalue weighted by atomic mass is 10.1. The van der Waals surface area contributed by atoms with E-state index >= 15 is 0 Å². The molecule has 0 saturated heterocycles. The molecular weight excluding hydrogens is 259 g/mol. The first kappa shape index (κ1) is 12.6. The van der Waals surface area contributed by atoms with E-state index in [2.05, 4.69) is 10.2 Å². The van der Waals surface area contributed by atoms with Crippen molar-refractivity contribution in [3.63, 3.8) is 0 Å². The largest absolute Gasteiger partial charge is 0.461 e. The number of carbonyl (C=O) groups excluding carboxylic acids is 1. The molecule has 0 radical (unpaired) electrons. The molecule has 0 aliphatic rings. The van der Waals surface area contributed by atoms with Gasteiger partial charge in [0.25, 0.3) is 0 Å². The fourth-order valence-corrected chi connectivity index (χ4v) is 1.65. The molecule has 2 rings (SSSR count). The first-order valence-electron chi connectivity index (χ1n) is 5.29. The second kappa shape index (κ2) is 5.18. The number of ether oxygens (including phenoxy) is 1. The van der Waals surface area contributed by atoms with Gasteiger partial charge in [-0.3, -0.25) is 5.10 Å². The van der Waals surface area contributed by atoms with Gasteiger partial charge in [0.1, 0.15) is 5.82 Å². The molecule has 0 aliphatic heterocycles. The molecule has 0 saturated carbocycles. The highest BCUT2D eigenvalue weighted by Crippen LogP contribution is 2.26. The van der Waals surface area contributed by atoms with Crippen molar-refractivity contribution in [2.24, 2.45) is 0 Å². The van der Waals surface area contributed by atoms with Crippen LogP contribution in [0.1, 0.15) is 17.4 Å². The number of rotatable bonds is 3. The van der Waals surface area contributed by atoms with E-state index in [1.54, 1.807) is 13.0 Å². The fourth-order valence-electron chi connectivity index (χ4n) is 1.53. The Morgan fingerprint density at radius 2 is 2.33 bits per heavy atom. The van der Waals surface area contributed by atoms with Crippen molar-refractivity contribution in [1.29, 1.82) is 0 Å². The van der Waals surface area contributed by atoms with Gasteiger partial charge >= 0.3 is 5.97 Å². The van der Waals surface area contributed by atoms with Crippen LogP contribution in [-0.2, 0) is 4.74 Å². The molecule has 6 heteroatoms. The van der Waals surface area contributed by atoms with Gasteiger partial charge < -0.3 is 4.74 Å². The van der Waals surface area contributed by atoms with Gasteiger partial charge in [0.05, 0.1) is 17.8 Å². The van der Waals surface area contributed by atoms with E-state index in [9.17, 15) is 9.18 Å². The highest BCUT2D eigenvalue weighted by atomic mass is 35.5. The Hall–Kier alpha value is -1.88. The van der Waals surface area contributed by atoms with Crippen LogP contribution in [0.3, 0.4) is 0 Å². The van der Waals surface area contributed by atoms with Crippen LogP contribution in [0.25, 0.3) is 11.1 Å². The number of halogens is 2. The van der Waals surface area contributed by atoms with Gasteiger partial charge in [-0.1, -0.05) is 17.7 Å². The number of nitrogens with one attached hydrogen (secondary N) is 1. The maximum absolute atomic E-state index is 13.4. The van der Waals surface area contributed by atoms with Crippen molar-refractivity contribution in [3.05, 3.63) is 40.9 Å². The van der Waals surface area contributed by atoms with Crippen LogP contribution >= 0.6 is 11.6 Å². The van der Waals surface area contributed by atoms with Crippen molar-refractivity contribution in [1.82, 2.24) is 10.2 Å². The molecule has 1 heterocycles. The summed E-state index contributed by atoms with van der Waals surface area (Å²) in [4.78, 5) is 11.6. The lowest BCUT2D eigenvalue weighted by Crippen LogP contribution is -2.06. The fraction of sp³-hybridized carbons (Fsp3) is 0.167. The minimum Gasteiger partial charge on any atom is -0.461 e. The number of carbonyl (C=O) groups is 1. The highest BCUT2D eigenvalue weighted by molar-refractivity contribution is 6.30. The average Bonchev–Trinajstić information content (AvgIpc) is 2.82.